The fraction of sp³-hybridized carbons (Fsp3) is 0. The normalized spacial score (nSPS) is 11.0. The second-order valence-electron chi connectivity index (χ2n) is 4.87. The standard InChI is InChI=1S/C17H11N3O/c21-13-5-11-3-1-2-4-14(11)15(6-13)17-7-16-12(9-19-17)8-18-10-20-16/h1-10,21H. The molecule has 0 spiro atoms. The number of aromatic nitrogens is 3. The number of nitrogens with zero attached hydrogens (tertiary/aromatic N) is 3. The molecule has 0 bridgehead atoms. The lowest BCUT2D eigenvalue weighted by Gasteiger charge is -2.08. The number of fused-ring (bicyclic) bond motifs is 2. The van der Waals surface area contributed by atoms with E-state index in [1.807, 2.05) is 30.3 Å². The summed E-state index contributed by atoms with van der Waals surface area (Å²) in [5.74, 6) is 0.230. The highest BCUT2D eigenvalue weighted by Gasteiger charge is 2.08. The van der Waals surface area contributed by atoms with Crippen molar-refractivity contribution in [2.45, 2.75) is 0 Å². The molecule has 1 N–H and O–H groups in total. The van der Waals surface area contributed by atoms with Crippen LogP contribution in [0.5, 0.6) is 5.75 Å². The van der Waals surface area contributed by atoms with E-state index < -0.39 is 0 Å². The summed E-state index contributed by atoms with van der Waals surface area (Å²) < 4.78 is 0. The zero-order valence-corrected chi connectivity index (χ0v) is 11.1. The fourth-order valence-electron chi connectivity index (χ4n) is 2.53. The fourth-order valence-corrected chi connectivity index (χ4v) is 2.53. The number of phenolic OH excluding ortho intramolecular Hbond substituents is 1. The number of rotatable bonds is 1. The summed E-state index contributed by atoms with van der Waals surface area (Å²) in [7, 11) is 0. The molecule has 0 radical (unpaired) electrons. The first-order valence-corrected chi connectivity index (χ1v) is 6.59. The minimum Gasteiger partial charge on any atom is -0.508 e. The van der Waals surface area contributed by atoms with Crippen LogP contribution in [0.3, 0.4) is 0 Å². The van der Waals surface area contributed by atoms with Gasteiger partial charge in [0.05, 0.1) is 11.2 Å². The minimum atomic E-state index is 0.230. The molecule has 21 heavy (non-hydrogen) atoms. The molecule has 100 valence electrons. The summed E-state index contributed by atoms with van der Waals surface area (Å²) in [6, 6.07) is 13.3. The lowest BCUT2D eigenvalue weighted by atomic mass is 10.0. The van der Waals surface area contributed by atoms with Gasteiger partial charge in [-0.15, -0.1) is 0 Å². The van der Waals surface area contributed by atoms with E-state index in [4.69, 9.17) is 0 Å². The highest BCUT2D eigenvalue weighted by Crippen LogP contribution is 2.32. The van der Waals surface area contributed by atoms with Crippen LogP contribution in [0.2, 0.25) is 0 Å². The van der Waals surface area contributed by atoms with Crippen molar-refractivity contribution in [1.82, 2.24) is 15.0 Å². The molecule has 0 fully saturated rings. The van der Waals surface area contributed by atoms with Gasteiger partial charge >= 0.3 is 0 Å². The van der Waals surface area contributed by atoms with E-state index in [9.17, 15) is 5.11 Å². The summed E-state index contributed by atoms with van der Waals surface area (Å²) in [4.78, 5) is 12.7. The molecule has 0 amide bonds. The predicted octanol–water partition coefficient (Wildman–Crippen LogP) is 3.55. The van der Waals surface area contributed by atoms with Crippen molar-refractivity contribution < 1.29 is 5.11 Å². The zero-order chi connectivity index (χ0) is 14.2. The first kappa shape index (κ1) is 11.8. The van der Waals surface area contributed by atoms with Crippen LogP contribution in [0.25, 0.3) is 32.9 Å². The van der Waals surface area contributed by atoms with E-state index in [-0.39, 0.29) is 5.75 Å². The Morgan fingerprint density at radius 2 is 1.76 bits per heavy atom. The van der Waals surface area contributed by atoms with Crippen molar-refractivity contribution in [1.29, 1.82) is 0 Å². The third-order valence-electron chi connectivity index (χ3n) is 3.51. The van der Waals surface area contributed by atoms with Crippen molar-refractivity contribution >= 4 is 21.7 Å². The highest BCUT2D eigenvalue weighted by molar-refractivity contribution is 5.98. The molecule has 2 heterocycles. The van der Waals surface area contributed by atoms with Crippen LogP contribution >= 0.6 is 0 Å². The Balaban J connectivity index is 2.03. The molecule has 2 aromatic carbocycles. The smallest absolute Gasteiger partial charge is 0.116 e. The van der Waals surface area contributed by atoms with E-state index in [1.165, 1.54) is 6.33 Å². The van der Waals surface area contributed by atoms with Gasteiger partial charge in [-0.1, -0.05) is 24.3 Å². The molecule has 4 rings (SSSR count). The Bertz CT molecular complexity index is 966. The third kappa shape index (κ3) is 1.97. The largest absolute Gasteiger partial charge is 0.508 e. The monoisotopic (exact) mass is 273 g/mol. The molecule has 4 aromatic rings. The average molecular weight is 273 g/mol. The van der Waals surface area contributed by atoms with Gasteiger partial charge in [0.2, 0.25) is 0 Å². The van der Waals surface area contributed by atoms with Crippen LogP contribution < -0.4 is 0 Å². The van der Waals surface area contributed by atoms with Crippen LogP contribution in [-0.4, -0.2) is 20.1 Å². The van der Waals surface area contributed by atoms with Crippen LogP contribution in [0, 0.1) is 0 Å². The third-order valence-corrected chi connectivity index (χ3v) is 3.51. The number of hydrogen-bond acceptors (Lipinski definition) is 4. The summed E-state index contributed by atoms with van der Waals surface area (Å²) in [5, 5.41) is 12.9. The topological polar surface area (TPSA) is 58.9 Å². The summed E-state index contributed by atoms with van der Waals surface area (Å²) >= 11 is 0. The van der Waals surface area contributed by atoms with Crippen LogP contribution in [0.15, 0.2) is 61.2 Å². The molecular weight excluding hydrogens is 262 g/mol. The molecule has 0 aliphatic heterocycles. The second kappa shape index (κ2) is 4.52. The number of pyridine rings is 1. The number of phenols is 1. The molecule has 0 aliphatic rings. The van der Waals surface area contributed by atoms with Gasteiger partial charge in [0, 0.05) is 23.3 Å². The Hall–Kier alpha value is -3.01. The first-order chi connectivity index (χ1) is 10.3. The van der Waals surface area contributed by atoms with Gasteiger partial charge in [0.25, 0.3) is 0 Å². The molecule has 0 saturated heterocycles. The van der Waals surface area contributed by atoms with E-state index in [0.29, 0.717) is 0 Å². The second-order valence-corrected chi connectivity index (χ2v) is 4.87. The summed E-state index contributed by atoms with van der Waals surface area (Å²) in [6.07, 6.45) is 5.01. The van der Waals surface area contributed by atoms with E-state index in [2.05, 4.69) is 15.0 Å². The van der Waals surface area contributed by atoms with Gasteiger partial charge in [0.1, 0.15) is 12.1 Å². The molecule has 4 nitrogen and oxygen atoms in total. The van der Waals surface area contributed by atoms with Crippen LogP contribution in [0.4, 0.5) is 0 Å². The van der Waals surface area contributed by atoms with Gasteiger partial charge in [-0.3, -0.25) is 4.98 Å². The maximum absolute atomic E-state index is 9.93. The summed E-state index contributed by atoms with van der Waals surface area (Å²) in [6.45, 7) is 0. The van der Waals surface area contributed by atoms with Crippen molar-refractivity contribution in [3.05, 3.63) is 61.2 Å². The van der Waals surface area contributed by atoms with Crippen molar-refractivity contribution in [3.8, 4) is 17.0 Å². The predicted molar refractivity (Wildman–Crippen MR) is 81.9 cm³/mol. The number of benzene rings is 2. The van der Waals surface area contributed by atoms with E-state index in [0.717, 1.165) is 32.9 Å². The highest BCUT2D eigenvalue weighted by atomic mass is 16.3. The van der Waals surface area contributed by atoms with Crippen molar-refractivity contribution in [2.75, 3.05) is 0 Å². The molecule has 0 saturated carbocycles. The van der Waals surface area contributed by atoms with Gasteiger partial charge in [0.15, 0.2) is 0 Å². The van der Waals surface area contributed by atoms with Gasteiger partial charge in [-0.2, -0.15) is 0 Å². The lowest BCUT2D eigenvalue weighted by Crippen LogP contribution is -1.88. The van der Waals surface area contributed by atoms with Gasteiger partial charge in [-0.25, -0.2) is 9.97 Å². The van der Waals surface area contributed by atoms with E-state index in [1.54, 1.807) is 24.5 Å². The quantitative estimate of drug-likeness (QED) is 0.576. The lowest BCUT2D eigenvalue weighted by molar-refractivity contribution is 0.476. The molecule has 0 atom stereocenters. The molecule has 0 aliphatic carbocycles. The Morgan fingerprint density at radius 3 is 2.71 bits per heavy atom. The van der Waals surface area contributed by atoms with Gasteiger partial charge in [-0.05, 0) is 29.0 Å². The first-order valence-electron chi connectivity index (χ1n) is 6.59. The maximum atomic E-state index is 9.93. The molecule has 4 heteroatoms. The zero-order valence-electron chi connectivity index (χ0n) is 11.1. The van der Waals surface area contributed by atoms with Gasteiger partial charge < -0.3 is 5.11 Å². The van der Waals surface area contributed by atoms with Crippen molar-refractivity contribution in [2.24, 2.45) is 0 Å². The van der Waals surface area contributed by atoms with E-state index >= 15 is 0 Å². The Morgan fingerprint density at radius 1 is 0.857 bits per heavy atom. The maximum Gasteiger partial charge on any atom is 0.116 e. The average Bonchev–Trinajstić information content (AvgIpc) is 2.53. The molecule has 0 unspecified atom stereocenters. The van der Waals surface area contributed by atoms with Crippen LogP contribution in [-0.2, 0) is 0 Å². The Kier molecular flexibility index (Phi) is 2.54. The van der Waals surface area contributed by atoms with Crippen LogP contribution in [0.1, 0.15) is 0 Å². The molecule has 2 aromatic heterocycles. The molecular formula is C17H11N3O. The minimum absolute atomic E-state index is 0.230. The SMILES string of the molecule is Oc1cc(-c2cc3ncncc3cn2)c2ccccc2c1. The Labute approximate surface area is 120 Å². The number of hydrogen-bond donors (Lipinski definition) is 1. The number of aromatic hydroxyl groups is 1. The van der Waals surface area contributed by atoms with Crippen molar-refractivity contribution in [3.63, 3.8) is 0 Å². The summed E-state index contributed by atoms with van der Waals surface area (Å²) in [5.41, 5.74) is 2.52.